The van der Waals surface area contributed by atoms with Crippen LogP contribution in [0.15, 0.2) is 53.1 Å². The predicted molar refractivity (Wildman–Crippen MR) is 119 cm³/mol. The molecule has 1 aromatic heterocycles. The number of carbonyl (C=O) groups is 1. The second-order valence-electron chi connectivity index (χ2n) is 8.27. The zero-order valence-electron chi connectivity index (χ0n) is 18.0. The third-order valence-electron chi connectivity index (χ3n) is 5.96. The summed E-state index contributed by atoms with van der Waals surface area (Å²) in [7, 11) is 0. The Morgan fingerprint density at radius 2 is 2.06 bits per heavy atom. The summed E-state index contributed by atoms with van der Waals surface area (Å²) >= 11 is 0. The Labute approximate surface area is 186 Å². The lowest BCUT2D eigenvalue weighted by molar-refractivity contribution is -0.127. The van der Waals surface area contributed by atoms with Crippen molar-refractivity contribution in [2.45, 2.75) is 26.2 Å². The summed E-state index contributed by atoms with van der Waals surface area (Å²) in [5.74, 6) is 3.00. The quantitative estimate of drug-likeness (QED) is 0.562. The first-order valence-corrected chi connectivity index (χ1v) is 10.9. The Morgan fingerprint density at radius 1 is 1.19 bits per heavy atom. The van der Waals surface area contributed by atoms with Crippen molar-refractivity contribution in [2.24, 2.45) is 5.92 Å². The number of carbonyl (C=O) groups excluding carboxylic acids is 1. The van der Waals surface area contributed by atoms with Crippen LogP contribution in [-0.4, -0.2) is 40.8 Å². The first-order chi connectivity index (χ1) is 15.7. The summed E-state index contributed by atoms with van der Waals surface area (Å²) in [6.45, 7) is 3.72. The van der Waals surface area contributed by atoms with Gasteiger partial charge in [-0.25, -0.2) is 0 Å². The van der Waals surface area contributed by atoms with E-state index < -0.39 is 0 Å². The standard InChI is InChI=1S/C25H25N3O4/c1-17-5-2-3-7-20(17)25-26-23(32-27-25)14-19-6-4-12-28(15-19)24(29)11-9-18-8-10-21-22(13-18)31-16-30-21/h2-3,5,7-11,13,19H,4,6,12,14-16H2,1H3/b11-9+. The highest BCUT2D eigenvalue weighted by Crippen LogP contribution is 2.33. The van der Waals surface area contributed by atoms with Gasteiger partial charge >= 0.3 is 0 Å². The van der Waals surface area contributed by atoms with Crippen LogP contribution in [0.1, 0.15) is 29.9 Å². The molecule has 7 nitrogen and oxygen atoms in total. The van der Waals surface area contributed by atoms with Gasteiger partial charge in [-0.3, -0.25) is 4.79 Å². The maximum absolute atomic E-state index is 12.8. The number of ether oxygens (including phenoxy) is 2. The number of hydrogen-bond donors (Lipinski definition) is 0. The molecule has 32 heavy (non-hydrogen) atoms. The molecule has 1 unspecified atom stereocenters. The average molecular weight is 431 g/mol. The average Bonchev–Trinajstić information content (AvgIpc) is 3.47. The van der Waals surface area contributed by atoms with E-state index in [4.69, 9.17) is 14.0 Å². The lowest BCUT2D eigenvalue weighted by Gasteiger charge is -2.31. The largest absolute Gasteiger partial charge is 0.454 e. The van der Waals surface area contributed by atoms with E-state index in [1.165, 1.54) is 0 Å². The van der Waals surface area contributed by atoms with Gasteiger partial charge in [0.1, 0.15) is 0 Å². The van der Waals surface area contributed by atoms with Crippen LogP contribution in [0.3, 0.4) is 0 Å². The Hall–Kier alpha value is -3.61. The first kappa shape index (κ1) is 20.3. The molecule has 2 aliphatic heterocycles. The van der Waals surface area contributed by atoms with Crippen molar-refractivity contribution >= 4 is 12.0 Å². The van der Waals surface area contributed by atoms with E-state index in [0.29, 0.717) is 36.3 Å². The Morgan fingerprint density at radius 3 is 2.97 bits per heavy atom. The molecular formula is C25H25N3O4. The molecule has 2 aromatic carbocycles. The third kappa shape index (κ3) is 4.37. The van der Waals surface area contributed by atoms with Gasteiger partial charge in [-0.1, -0.05) is 35.5 Å². The number of benzene rings is 2. The van der Waals surface area contributed by atoms with Crippen molar-refractivity contribution in [3.05, 3.63) is 65.6 Å². The summed E-state index contributed by atoms with van der Waals surface area (Å²) < 4.78 is 16.2. The van der Waals surface area contributed by atoms with Gasteiger partial charge in [0.15, 0.2) is 11.5 Å². The number of likely N-dealkylation sites (tertiary alicyclic amines) is 1. The predicted octanol–water partition coefficient (Wildman–Crippen LogP) is 4.27. The van der Waals surface area contributed by atoms with E-state index in [9.17, 15) is 4.79 Å². The molecule has 0 radical (unpaired) electrons. The molecule has 0 bridgehead atoms. The molecule has 0 saturated carbocycles. The zero-order chi connectivity index (χ0) is 21.9. The maximum atomic E-state index is 12.8. The van der Waals surface area contributed by atoms with Crippen LogP contribution in [0.25, 0.3) is 17.5 Å². The molecule has 7 heteroatoms. The number of fused-ring (bicyclic) bond motifs is 1. The number of aryl methyl sites for hydroxylation is 1. The van der Waals surface area contributed by atoms with Gasteiger partial charge in [-0.2, -0.15) is 4.98 Å². The minimum atomic E-state index is 0.0125. The molecule has 5 rings (SSSR count). The summed E-state index contributed by atoms with van der Waals surface area (Å²) in [5, 5.41) is 4.16. The fourth-order valence-electron chi connectivity index (χ4n) is 4.24. The maximum Gasteiger partial charge on any atom is 0.246 e. The normalized spacial score (nSPS) is 17.8. The highest BCUT2D eigenvalue weighted by atomic mass is 16.7. The van der Waals surface area contributed by atoms with Crippen LogP contribution in [0.4, 0.5) is 0 Å². The van der Waals surface area contributed by atoms with E-state index >= 15 is 0 Å². The minimum Gasteiger partial charge on any atom is -0.454 e. The summed E-state index contributed by atoms with van der Waals surface area (Å²) in [4.78, 5) is 19.3. The van der Waals surface area contributed by atoms with Crippen molar-refractivity contribution in [1.82, 2.24) is 15.0 Å². The lowest BCUT2D eigenvalue weighted by atomic mass is 9.94. The van der Waals surface area contributed by atoms with Crippen LogP contribution in [0, 0.1) is 12.8 Å². The molecule has 0 N–H and O–H groups in total. The second-order valence-corrected chi connectivity index (χ2v) is 8.27. The van der Waals surface area contributed by atoms with Gasteiger partial charge in [0.25, 0.3) is 0 Å². The number of aromatic nitrogens is 2. The van der Waals surface area contributed by atoms with Gasteiger partial charge in [-0.05, 0) is 55.0 Å². The van der Waals surface area contributed by atoms with Gasteiger partial charge in [-0.15, -0.1) is 0 Å². The van der Waals surface area contributed by atoms with Crippen LogP contribution < -0.4 is 9.47 Å². The fourth-order valence-corrected chi connectivity index (χ4v) is 4.24. The number of nitrogens with zero attached hydrogens (tertiary/aromatic N) is 3. The Balaban J connectivity index is 1.20. The zero-order valence-corrected chi connectivity index (χ0v) is 18.0. The van der Waals surface area contributed by atoms with E-state index in [-0.39, 0.29) is 12.7 Å². The number of amides is 1. The topological polar surface area (TPSA) is 77.7 Å². The van der Waals surface area contributed by atoms with E-state index in [0.717, 1.165) is 41.8 Å². The molecule has 0 aliphatic carbocycles. The molecule has 2 aliphatic rings. The second kappa shape index (κ2) is 8.86. The molecule has 1 saturated heterocycles. The molecule has 3 heterocycles. The Kier molecular flexibility index (Phi) is 5.62. The smallest absolute Gasteiger partial charge is 0.246 e. The molecule has 1 atom stereocenters. The number of hydrogen-bond acceptors (Lipinski definition) is 6. The van der Waals surface area contributed by atoms with Crippen molar-refractivity contribution in [1.29, 1.82) is 0 Å². The first-order valence-electron chi connectivity index (χ1n) is 10.9. The molecule has 1 fully saturated rings. The van der Waals surface area contributed by atoms with Crippen molar-refractivity contribution in [3.8, 4) is 22.9 Å². The van der Waals surface area contributed by atoms with E-state index in [1.54, 1.807) is 6.08 Å². The summed E-state index contributed by atoms with van der Waals surface area (Å²) in [6, 6.07) is 13.7. The number of rotatable bonds is 5. The van der Waals surface area contributed by atoms with Crippen LogP contribution in [0.2, 0.25) is 0 Å². The number of piperidine rings is 1. The SMILES string of the molecule is Cc1ccccc1-c1noc(CC2CCCN(C(=O)/C=C/c3ccc4c(c3)OCO4)C2)n1. The van der Waals surface area contributed by atoms with Crippen LogP contribution in [-0.2, 0) is 11.2 Å². The highest BCUT2D eigenvalue weighted by molar-refractivity contribution is 5.92. The van der Waals surface area contributed by atoms with Gasteiger partial charge < -0.3 is 18.9 Å². The summed E-state index contributed by atoms with van der Waals surface area (Å²) in [5.41, 5.74) is 3.01. The van der Waals surface area contributed by atoms with Crippen molar-refractivity contribution in [2.75, 3.05) is 19.9 Å². The molecule has 0 spiro atoms. The monoisotopic (exact) mass is 431 g/mol. The van der Waals surface area contributed by atoms with E-state index in [1.807, 2.05) is 60.4 Å². The summed E-state index contributed by atoms with van der Waals surface area (Å²) in [6.07, 6.45) is 6.13. The van der Waals surface area contributed by atoms with Gasteiger partial charge in [0, 0.05) is 31.1 Å². The van der Waals surface area contributed by atoms with Crippen LogP contribution in [0.5, 0.6) is 11.5 Å². The van der Waals surface area contributed by atoms with Crippen LogP contribution >= 0.6 is 0 Å². The third-order valence-corrected chi connectivity index (χ3v) is 5.96. The van der Waals surface area contributed by atoms with E-state index in [2.05, 4.69) is 10.1 Å². The van der Waals surface area contributed by atoms with Crippen molar-refractivity contribution < 1.29 is 18.8 Å². The van der Waals surface area contributed by atoms with Gasteiger partial charge in [0.05, 0.1) is 0 Å². The van der Waals surface area contributed by atoms with Gasteiger partial charge in [0.2, 0.25) is 24.4 Å². The lowest BCUT2D eigenvalue weighted by Crippen LogP contribution is -2.39. The molecule has 3 aromatic rings. The molecular weight excluding hydrogens is 406 g/mol. The Bertz CT molecular complexity index is 1150. The molecule has 1 amide bonds. The van der Waals surface area contributed by atoms with Crippen molar-refractivity contribution in [3.63, 3.8) is 0 Å². The fraction of sp³-hybridized carbons (Fsp3) is 0.320. The molecule has 164 valence electrons. The minimum absolute atomic E-state index is 0.0125. The highest BCUT2D eigenvalue weighted by Gasteiger charge is 2.25.